The van der Waals surface area contributed by atoms with Crippen molar-refractivity contribution in [2.24, 2.45) is 4.99 Å². The van der Waals surface area contributed by atoms with Crippen LogP contribution in [0.4, 0.5) is 0 Å². The Hall–Kier alpha value is -0.670. The Morgan fingerprint density at radius 1 is 0.960 bits per heavy atom. The third kappa shape index (κ3) is 8.04. The van der Waals surface area contributed by atoms with E-state index in [1.54, 1.807) is 0 Å². The molecule has 0 radical (unpaired) electrons. The van der Waals surface area contributed by atoms with E-state index in [-0.39, 0.29) is 6.23 Å². The Bertz CT molecular complexity index is 389. The highest BCUT2D eigenvalue weighted by molar-refractivity contribution is 5.77. The summed E-state index contributed by atoms with van der Waals surface area (Å²) in [6.45, 7) is 9.12. The Morgan fingerprint density at radius 2 is 1.56 bits per heavy atom. The minimum Gasteiger partial charge on any atom is -0.345 e. The van der Waals surface area contributed by atoms with Gasteiger partial charge in [-0.3, -0.25) is 4.48 Å². The molecule has 0 aromatic rings. The van der Waals surface area contributed by atoms with E-state index >= 15 is 0 Å². The van der Waals surface area contributed by atoms with Crippen LogP contribution in [-0.4, -0.2) is 41.3 Å². The zero-order valence-corrected chi connectivity index (χ0v) is 17.2. The van der Waals surface area contributed by atoms with Gasteiger partial charge in [0.15, 0.2) is 6.23 Å². The molecule has 0 aromatic heterocycles. The lowest BCUT2D eigenvalue weighted by Crippen LogP contribution is -2.56. The van der Waals surface area contributed by atoms with Gasteiger partial charge < -0.3 is 5.11 Å². The van der Waals surface area contributed by atoms with Crippen LogP contribution in [0.5, 0.6) is 0 Å². The lowest BCUT2D eigenvalue weighted by atomic mass is 10.1. The fourth-order valence-corrected chi connectivity index (χ4v) is 3.96. The van der Waals surface area contributed by atoms with Crippen molar-refractivity contribution < 1.29 is 9.59 Å². The summed E-state index contributed by atoms with van der Waals surface area (Å²) in [5.41, 5.74) is 0. The molecule has 1 N–H and O–H groups in total. The fourth-order valence-electron chi connectivity index (χ4n) is 3.96. The van der Waals surface area contributed by atoms with Crippen molar-refractivity contribution in [1.29, 1.82) is 0 Å². The molecule has 3 nitrogen and oxygen atoms in total. The molecule has 0 fully saturated rings. The number of aliphatic hydroxyl groups is 1. The number of aliphatic imine (C=N–C) groups is 1. The van der Waals surface area contributed by atoms with Crippen LogP contribution in [0.3, 0.4) is 0 Å². The number of rotatable bonds is 15. The molecule has 0 saturated heterocycles. The van der Waals surface area contributed by atoms with Gasteiger partial charge in [-0.25, -0.2) is 4.99 Å². The Kier molecular flexibility index (Phi) is 12.1. The maximum atomic E-state index is 10.2. The number of allylic oxidation sites excluding steroid dienone is 2. The molecule has 0 amide bonds. The average molecular weight is 352 g/mol. The Morgan fingerprint density at radius 3 is 2.16 bits per heavy atom. The summed E-state index contributed by atoms with van der Waals surface area (Å²) in [4.78, 5) is 4.67. The molecule has 3 heteroatoms. The molecule has 25 heavy (non-hydrogen) atoms. The van der Waals surface area contributed by atoms with Crippen molar-refractivity contribution >= 4 is 5.84 Å². The molecule has 2 atom stereocenters. The van der Waals surface area contributed by atoms with Gasteiger partial charge in [0, 0.05) is 13.3 Å². The summed E-state index contributed by atoms with van der Waals surface area (Å²) in [7, 11) is 0. The third-order valence-electron chi connectivity index (χ3n) is 5.76. The SMILES string of the molecule is CCCCCCCCCCC/C=C/CCC1=NCC[N+]1(CC)C(C)O. The molecule has 1 aliphatic heterocycles. The van der Waals surface area contributed by atoms with Gasteiger partial charge in [-0.2, -0.15) is 0 Å². The summed E-state index contributed by atoms with van der Waals surface area (Å²) >= 11 is 0. The fraction of sp³-hybridized carbons (Fsp3) is 0.864. The lowest BCUT2D eigenvalue weighted by molar-refractivity contribution is -0.882. The monoisotopic (exact) mass is 351 g/mol. The van der Waals surface area contributed by atoms with Gasteiger partial charge >= 0.3 is 0 Å². The molecular formula is C22H43N2O+. The van der Waals surface area contributed by atoms with Crippen molar-refractivity contribution in [2.45, 2.75) is 104 Å². The number of unbranched alkanes of at least 4 members (excludes halogenated alkanes) is 9. The van der Waals surface area contributed by atoms with Crippen molar-refractivity contribution in [1.82, 2.24) is 0 Å². The number of likely N-dealkylation sites (N-methyl/N-ethyl adjacent to an activating group) is 1. The van der Waals surface area contributed by atoms with Gasteiger partial charge in [0.1, 0.15) is 6.54 Å². The van der Waals surface area contributed by atoms with E-state index in [1.807, 2.05) is 6.92 Å². The molecule has 1 rings (SSSR count). The molecule has 0 saturated carbocycles. The van der Waals surface area contributed by atoms with E-state index in [0.717, 1.165) is 32.5 Å². The second kappa shape index (κ2) is 13.5. The van der Waals surface area contributed by atoms with Crippen LogP contribution >= 0.6 is 0 Å². The maximum Gasteiger partial charge on any atom is 0.200 e. The maximum absolute atomic E-state index is 10.2. The first kappa shape index (κ1) is 22.4. The lowest BCUT2D eigenvalue weighted by Gasteiger charge is -2.36. The molecular weight excluding hydrogens is 308 g/mol. The van der Waals surface area contributed by atoms with E-state index in [2.05, 4.69) is 31.0 Å². The zero-order valence-electron chi connectivity index (χ0n) is 17.2. The summed E-state index contributed by atoms with van der Waals surface area (Å²) in [6, 6.07) is 0. The zero-order chi connectivity index (χ0) is 18.4. The number of amidine groups is 1. The average Bonchev–Trinajstić information content (AvgIpc) is 3.03. The van der Waals surface area contributed by atoms with Gasteiger partial charge in [-0.05, 0) is 26.2 Å². The van der Waals surface area contributed by atoms with Crippen molar-refractivity contribution in [2.75, 3.05) is 19.6 Å². The highest BCUT2D eigenvalue weighted by atomic mass is 16.3. The van der Waals surface area contributed by atoms with Crippen molar-refractivity contribution in [3.05, 3.63) is 12.2 Å². The number of aliphatic hydroxyl groups excluding tert-OH is 1. The minimum atomic E-state index is -0.336. The second-order valence-corrected chi connectivity index (χ2v) is 7.63. The first-order valence-corrected chi connectivity index (χ1v) is 10.9. The molecule has 146 valence electrons. The van der Waals surface area contributed by atoms with Crippen LogP contribution < -0.4 is 0 Å². The topological polar surface area (TPSA) is 32.6 Å². The van der Waals surface area contributed by atoms with Gasteiger partial charge in [-0.1, -0.05) is 70.4 Å². The molecule has 0 aromatic carbocycles. The van der Waals surface area contributed by atoms with E-state index in [9.17, 15) is 5.11 Å². The largest absolute Gasteiger partial charge is 0.345 e. The number of quaternary nitrogens is 1. The summed E-state index contributed by atoms with van der Waals surface area (Å²) < 4.78 is 0.687. The van der Waals surface area contributed by atoms with Gasteiger partial charge in [0.25, 0.3) is 0 Å². The van der Waals surface area contributed by atoms with Crippen LogP contribution in [0.2, 0.25) is 0 Å². The second-order valence-electron chi connectivity index (χ2n) is 7.63. The van der Waals surface area contributed by atoms with Crippen LogP contribution in [0.15, 0.2) is 17.1 Å². The van der Waals surface area contributed by atoms with Crippen LogP contribution in [0, 0.1) is 0 Å². The van der Waals surface area contributed by atoms with E-state index in [0.29, 0.717) is 4.48 Å². The van der Waals surface area contributed by atoms with Gasteiger partial charge in [-0.15, -0.1) is 0 Å². The Balaban J connectivity index is 2.03. The number of hydrogen-bond acceptors (Lipinski definition) is 2. The molecule has 0 bridgehead atoms. The standard InChI is InChI=1S/C22H43N2O/c1-4-6-7-8-9-10-11-12-13-14-15-16-17-18-22-23-19-20-24(22,5-2)21(3)25/h15-16,21,25H,4-14,17-20H2,1-3H3/q+1/b16-15+. The third-order valence-corrected chi connectivity index (χ3v) is 5.76. The van der Waals surface area contributed by atoms with E-state index in [4.69, 9.17) is 0 Å². The smallest absolute Gasteiger partial charge is 0.200 e. The summed E-state index contributed by atoms with van der Waals surface area (Å²) in [5.74, 6) is 1.20. The number of hydrogen-bond donors (Lipinski definition) is 1. The highest BCUT2D eigenvalue weighted by Crippen LogP contribution is 2.22. The predicted molar refractivity (Wildman–Crippen MR) is 110 cm³/mol. The first-order chi connectivity index (χ1) is 12.2. The first-order valence-electron chi connectivity index (χ1n) is 10.9. The Labute approximate surface area is 156 Å². The van der Waals surface area contributed by atoms with Crippen molar-refractivity contribution in [3.63, 3.8) is 0 Å². The molecule has 2 unspecified atom stereocenters. The van der Waals surface area contributed by atoms with Gasteiger partial charge in [0.2, 0.25) is 5.84 Å². The van der Waals surface area contributed by atoms with Crippen LogP contribution in [0.25, 0.3) is 0 Å². The predicted octanol–water partition coefficient (Wildman–Crippen LogP) is 5.83. The minimum absolute atomic E-state index is 0.336. The van der Waals surface area contributed by atoms with Crippen molar-refractivity contribution in [3.8, 4) is 0 Å². The van der Waals surface area contributed by atoms with Gasteiger partial charge in [0.05, 0.1) is 13.1 Å². The van der Waals surface area contributed by atoms with Crippen LogP contribution in [-0.2, 0) is 0 Å². The van der Waals surface area contributed by atoms with E-state index in [1.165, 1.54) is 70.0 Å². The molecule has 0 spiro atoms. The molecule has 1 heterocycles. The highest BCUT2D eigenvalue weighted by Gasteiger charge is 2.40. The number of nitrogens with zero attached hydrogens (tertiary/aromatic N) is 2. The molecule has 1 aliphatic rings. The summed E-state index contributed by atoms with van der Waals surface area (Å²) in [6.07, 6.45) is 20.2. The normalized spacial score (nSPS) is 21.8. The summed E-state index contributed by atoms with van der Waals surface area (Å²) in [5, 5.41) is 10.2. The molecule has 0 aliphatic carbocycles. The quantitative estimate of drug-likeness (QED) is 0.225. The van der Waals surface area contributed by atoms with Crippen LogP contribution in [0.1, 0.15) is 97.8 Å². The van der Waals surface area contributed by atoms with E-state index < -0.39 is 0 Å².